The molecule has 6 rings (SSSR count). The van der Waals surface area contributed by atoms with E-state index in [9.17, 15) is 9.18 Å². The summed E-state index contributed by atoms with van der Waals surface area (Å²) < 4.78 is 19.5. The lowest BCUT2D eigenvalue weighted by Gasteiger charge is -2.17. The normalized spacial score (nSPS) is 11.7. The number of hydrogen-bond acceptors (Lipinski definition) is 5. The molecule has 0 spiro atoms. The maximum absolute atomic E-state index is 14.3. The Labute approximate surface area is 236 Å². The van der Waals surface area contributed by atoms with Gasteiger partial charge in [0.1, 0.15) is 17.1 Å². The summed E-state index contributed by atoms with van der Waals surface area (Å²) in [6, 6.07) is 21.7. The maximum Gasteiger partial charge on any atom is 0.224 e. The number of imidazole rings is 1. The molecule has 3 heterocycles. The Kier molecular flexibility index (Phi) is 6.49. The number of rotatable bonds is 6. The number of ether oxygens (including phenoxy) is 1. The van der Waals surface area contributed by atoms with Crippen LogP contribution in [0.4, 0.5) is 10.1 Å². The van der Waals surface area contributed by atoms with Crippen LogP contribution in [-0.4, -0.2) is 38.2 Å². The second kappa shape index (κ2) is 10.2. The number of nitrogens with one attached hydrogen (secondary N) is 3. The van der Waals surface area contributed by atoms with Crippen molar-refractivity contribution in [1.29, 1.82) is 0 Å². The number of halogens is 1. The topological polar surface area (TPSA) is 109 Å². The number of aromatic amines is 2. The third-order valence-corrected chi connectivity index (χ3v) is 6.70. The summed E-state index contributed by atoms with van der Waals surface area (Å²) in [6.07, 6.45) is 0.422. The van der Waals surface area contributed by atoms with Gasteiger partial charge in [0, 0.05) is 29.3 Å². The lowest BCUT2D eigenvalue weighted by atomic mass is 9.92. The number of para-hydroxylation sites is 1. The Bertz CT molecular complexity index is 1920. The van der Waals surface area contributed by atoms with E-state index >= 15 is 0 Å². The molecule has 0 aliphatic rings. The van der Waals surface area contributed by atoms with E-state index in [0.29, 0.717) is 46.0 Å². The largest absolute Gasteiger partial charge is 0.497 e. The summed E-state index contributed by atoms with van der Waals surface area (Å²) in [7, 11) is 1.51. The van der Waals surface area contributed by atoms with Gasteiger partial charge in [0.2, 0.25) is 5.91 Å². The first-order chi connectivity index (χ1) is 19.7. The zero-order chi connectivity index (χ0) is 28.7. The highest BCUT2D eigenvalue weighted by molar-refractivity contribution is 5.97. The first kappa shape index (κ1) is 26.2. The van der Waals surface area contributed by atoms with Crippen molar-refractivity contribution in [2.45, 2.75) is 27.2 Å². The molecule has 1 amide bonds. The van der Waals surface area contributed by atoms with Gasteiger partial charge in [-0.05, 0) is 53.4 Å². The van der Waals surface area contributed by atoms with Crippen LogP contribution in [-0.2, 0) is 4.79 Å². The average molecular weight is 549 g/mol. The third kappa shape index (κ3) is 5.38. The summed E-state index contributed by atoms with van der Waals surface area (Å²) in [5.41, 5.74) is 7.07. The van der Waals surface area contributed by atoms with Gasteiger partial charge in [0.05, 0.1) is 29.4 Å². The summed E-state index contributed by atoms with van der Waals surface area (Å²) in [6.45, 7) is 6.10. The SMILES string of the molecule is COc1cc(F)cc(-c2cccc3[nH]c(-c4n[nH]c5ccc(-c6cccc(NC(=O)CC(C)(C)C)c6)nc45)nc23)c1. The molecule has 0 saturated heterocycles. The smallest absolute Gasteiger partial charge is 0.224 e. The van der Waals surface area contributed by atoms with Crippen molar-refractivity contribution in [2.75, 3.05) is 12.4 Å². The van der Waals surface area contributed by atoms with Crippen LogP contribution in [0.5, 0.6) is 5.75 Å². The van der Waals surface area contributed by atoms with Crippen molar-refractivity contribution in [3.8, 4) is 39.7 Å². The molecule has 0 unspecified atom stereocenters. The van der Waals surface area contributed by atoms with E-state index in [1.54, 1.807) is 6.07 Å². The molecule has 8 nitrogen and oxygen atoms in total. The van der Waals surface area contributed by atoms with Gasteiger partial charge in [0.25, 0.3) is 0 Å². The second-order valence-electron chi connectivity index (χ2n) is 11.2. The molecule has 41 heavy (non-hydrogen) atoms. The summed E-state index contributed by atoms with van der Waals surface area (Å²) >= 11 is 0. The fourth-order valence-corrected chi connectivity index (χ4v) is 4.88. The van der Waals surface area contributed by atoms with E-state index in [2.05, 4.69) is 20.5 Å². The molecule has 0 fully saturated rings. The molecule has 0 aliphatic heterocycles. The van der Waals surface area contributed by atoms with Crippen LogP contribution in [0.1, 0.15) is 27.2 Å². The Morgan fingerprint density at radius 3 is 2.56 bits per heavy atom. The van der Waals surface area contributed by atoms with Crippen LogP contribution in [0.2, 0.25) is 0 Å². The van der Waals surface area contributed by atoms with Gasteiger partial charge in [-0.1, -0.05) is 45.0 Å². The van der Waals surface area contributed by atoms with Crippen LogP contribution < -0.4 is 10.1 Å². The van der Waals surface area contributed by atoms with Crippen molar-refractivity contribution in [3.63, 3.8) is 0 Å². The Morgan fingerprint density at radius 2 is 1.76 bits per heavy atom. The molecule has 0 atom stereocenters. The van der Waals surface area contributed by atoms with E-state index in [1.807, 2.05) is 75.4 Å². The summed E-state index contributed by atoms with van der Waals surface area (Å²) in [4.78, 5) is 25.6. The molecule has 9 heteroatoms. The number of H-pyrrole nitrogens is 2. The quantitative estimate of drug-likeness (QED) is 0.202. The van der Waals surface area contributed by atoms with Gasteiger partial charge in [-0.2, -0.15) is 5.10 Å². The zero-order valence-corrected chi connectivity index (χ0v) is 23.2. The number of aromatic nitrogens is 5. The minimum atomic E-state index is -0.389. The standard InChI is InChI=1S/C32H29FN6O2/c1-32(2,3)17-27(40)34-21-8-5-7-18(14-21)24-11-12-26-29(35-24)30(39-38-26)31-36-25-10-6-9-23(28(25)37-31)19-13-20(33)16-22(15-19)41-4/h5-16H,17H2,1-4H3,(H,34,40)(H,36,37)(H,38,39). The van der Waals surface area contributed by atoms with Gasteiger partial charge in [-0.15, -0.1) is 0 Å². The fraction of sp³-hybridized carbons (Fsp3) is 0.188. The second-order valence-corrected chi connectivity index (χ2v) is 11.2. The third-order valence-electron chi connectivity index (χ3n) is 6.70. The van der Waals surface area contributed by atoms with Crippen LogP contribution in [0.15, 0.2) is 72.8 Å². The average Bonchev–Trinajstić information content (AvgIpc) is 3.55. The minimum Gasteiger partial charge on any atom is -0.497 e. The fourth-order valence-electron chi connectivity index (χ4n) is 4.88. The Balaban J connectivity index is 1.37. The van der Waals surface area contributed by atoms with Crippen molar-refractivity contribution in [1.82, 2.24) is 25.1 Å². The lowest BCUT2D eigenvalue weighted by Crippen LogP contribution is -2.19. The molecule has 3 aromatic heterocycles. The number of methoxy groups -OCH3 is 1. The monoisotopic (exact) mass is 548 g/mol. The van der Waals surface area contributed by atoms with Gasteiger partial charge in [-0.3, -0.25) is 9.89 Å². The Morgan fingerprint density at radius 1 is 0.927 bits per heavy atom. The highest BCUT2D eigenvalue weighted by Crippen LogP contribution is 2.34. The number of nitrogens with zero attached hydrogens (tertiary/aromatic N) is 3. The molecular formula is C32H29FN6O2. The predicted octanol–water partition coefficient (Wildman–Crippen LogP) is 7.36. The van der Waals surface area contributed by atoms with Crippen molar-refractivity contribution >= 4 is 33.7 Å². The first-order valence-corrected chi connectivity index (χ1v) is 13.3. The molecule has 0 bridgehead atoms. The minimum absolute atomic E-state index is 0.0314. The highest BCUT2D eigenvalue weighted by Gasteiger charge is 2.18. The molecule has 206 valence electrons. The van der Waals surface area contributed by atoms with Gasteiger partial charge in [0.15, 0.2) is 11.5 Å². The van der Waals surface area contributed by atoms with Crippen LogP contribution in [0.3, 0.4) is 0 Å². The number of benzene rings is 3. The number of hydrogen-bond donors (Lipinski definition) is 3. The van der Waals surface area contributed by atoms with Crippen LogP contribution in [0.25, 0.3) is 56.0 Å². The van der Waals surface area contributed by atoms with Crippen LogP contribution in [0, 0.1) is 11.2 Å². The molecule has 3 N–H and O–H groups in total. The highest BCUT2D eigenvalue weighted by atomic mass is 19.1. The lowest BCUT2D eigenvalue weighted by molar-refractivity contribution is -0.117. The van der Waals surface area contributed by atoms with Crippen molar-refractivity contribution in [3.05, 3.63) is 78.6 Å². The number of pyridine rings is 1. The van der Waals surface area contributed by atoms with E-state index in [-0.39, 0.29) is 17.1 Å². The van der Waals surface area contributed by atoms with Crippen molar-refractivity contribution < 1.29 is 13.9 Å². The van der Waals surface area contributed by atoms with Crippen molar-refractivity contribution in [2.24, 2.45) is 5.41 Å². The molecule has 0 aliphatic carbocycles. The maximum atomic E-state index is 14.3. The van der Waals surface area contributed by atoms with E-state index < -0.39 is 0 Å². The van der Waals surface area contributed by atoms with Gasteiger partial charge >= 0.3 is 0 Å². The van der Waals surface area contributed by atoms with Gasteiger partial charge in [-0.25, -0.2) is 14.4 Å². The summed E-state index contributed by atoms with van der Waals surface area (Å²) in [5.74, 6) is 0.548. The number of carbonyl (C=O) groups excluding carboxylic acids is 1. The molecule has 3 aromatic carbocycles. The Hall–Kier alpha value is -5.05. The summed E-state index contributed by atoms with van der Waals surface area (Å²) in [5, 5.41) is 10.5. The molecule has 0 saturated carbocycles. The van der Waals surface area contributed by atoms with Gasteiger partial charge < -0.3 is 15.0 Å². The molecule has 6 aromatic rings. The number of amides is 1. The van der Waals surface area contributed by atoms with E-state index in [4.69, 9.17) is 14.7 Å². The number of fused-ring (bicyclic) bond motifs is 2. The number of anilines is 1. The van der Waals surface area contributed by atoms with E-state index in [1.165, 1.54) is 19.2 Å². The zero-order valence-electron chi connectivity index (χ0n) is 23.2. The van der Waals surface area contributed by atoms with Crippen LogP contribution >= 0.6 is 0 Å². The molecule has 0 radical (unpaired) electrons. The van der Waals surface area contributed by atoms with E-state index in [0.717, 1.165) is 27.9 Å². The number of carbonyl (C=O) groups is 1. The predicted molar refractivity (Wildman–Crippen MR) is 159 cm³/mol. The first-order valence-electron chi connectivity index (χ1n) is 13.3. The molecular weight excluding hydrogens is 519 g/mol.